The quantitative estimate of drug-likeness (QED) is 0.530. The molecule has 0 bridgehead atoms. The van der Waals surface area contributed by atoms with Crippen molar-refractivity contribution < 1.29 is 14.6 Å². The number of carbonyl (C=O) groups excluding carboxylic acids is 1. The number of nitrogens with two attached hydrogens (primary N) is 1. The van der Waals surface area contributed by atoms with E-state index in [0.29, 0.717) is 13.2 Å². The van der Waals surface area contributed by atoms with Crippen LogP contribution in [0.25, 0.3) is 0 Å². The fourth-order valence-corrected chi connectivity index (χ4v) is 1.29. The Morgan fingerprint density at radius 3 is 3.15 bits per heavy atom. The largest absolute Gasteiger partial charge is 0.463 e. The van der Waals surface area contributed by atoms with E-state index >= 15 is 0 Å². The molecule has 0 amide bonds. The van der Waals surface area contributed by atoms with E-state index in [2.05, 4.69) is 0 Å². The van der Waals surface area contributed by atoms with Crippen molar-refractivity contribution in [3.05, 3.63) is 0 Å². The van der Waals surface area contributed by atoms with Crippen molar-refractivity contribution in [3.8, 4) is 0 Å². The maximum absolute atomic E-state index is 10.9. The van der Waals surface area contributed by atoms with Gasteiger partial charge in [0.2, 0.25) is 0 Å². The molecule has 1 heterocycles. The van der Waals surface area contributed by atoms with Crippen LogP contribution in [0.3, 0.4) is 0 Å². The predicted octanol–water partition coefficient (Wildman–Crippen LogP) is -1.45. The number of hydrogen-bond donors (Lipinski definition) is 2. The van der Waals surface area contributed by atoms with Crippen molar-refractivity contribution in [3.63, 3.8) is 0 Å². The molecule has 5 nitrogen and oxygen atoms in total. The number of aliphatic hydroxyl groups is 1. The minimum Gasteiger partial charge on any atom is -0.463 e. The first-order chi connectivity index (χ1) is 6.13. The molecule has 3 N–H and O–H groups in total. The minimum absolute atomic E-state index is 0.0573. The highest BCUT2D eigenvalue weighted by atomic mass is 16.5. The highest BCUT2D eigenvalue weighted by Crippen LogP contribution is 2.06. The van der Waals surface area contributed by atoms with E-state index in [1.165, 1.54) is 0 Å². The van der Waals surface area contributed by atoms with E-state index in [0.717, 1.165) is 0 Å². The lowest BCUT2D eigenvalue weighted by atomic mass is 10.2. The van der Waals surface area contributed by atoms with Crippen molar-refractivity contribution in [1.29, 1.82) is 0 Å². The highest BCUT2D eigenvalue weighted by molar-refractivity contribution is 5.72. The summed E-state index contributed by atoms with van der Waals surface area (Å²) in [5, 5.41) is 8.75. The first kappa shape index (κ1) is 10.4. The normalized spacial score (nSPS) is 27.0. The Labute approximate surface area is 77.5 Å². The molecule has 1 rings (SSSR count). The summed E-state index contributed by atoms with van der Waals surface area (Å²) in [4.78, 5) is 12.8. The monoisotopic (exact) mass is 188 g/mol. The van der Waals surface area contributed by atoms with Crippen LogP contribution in [0.4, 0.5) is 0 Å². The third-order valence-electron chi connectivity index (χ3n) is 2.14. The summed E-state index contributed by atoms with van der Waals surface area (Å²) in [7, 11) is 0. The standard InChI is InChI=1S/C8H16N2O3/c1-6-5-13-8(12)3-10(6)2-7(9)4-11/h6-7,11H,2-5,9H2,1H3. The van der Waals surface area contributed by atoms with E-state index in [1.54, 1.807) is 0 Å². The van der Waals surface area contributed by atoms with Crippen molar-refractivity contribution >= 4 is 5.97 Å². The molecule has 1 saturated heterocycles. The van der Waals surface area contributed by atoms with Crippen molar-refractivity contribution in [1.82, 2.24) is 4.90 Å². The Morgan fingerprint density at radius 2 is 2.54 bits per heavy atom. The Balaban J connectivity index is 2.41. The molecule has 13 heavy (non-hydrogen) atoms. The molecule has 1 aliphatic rings. The molecule has 5 heteroatoms. The molecule has 0 aromatic heterocycles. The van der Waals surface area contributed by atoms with Gasteiger partial charge in [0.05, 0.1) is 13.2 Å². The Kier molecular flexibility index (Phi) is 3.65. The Bertz CT molecular complexity index is 186. The molecule has 0 aliphatic carbocycles. The van der Waals surface area contributed by atoms with Gasteiger partial charge in [-0.3, -0.25) is 9.69 Å². The van der Waals surface area contributed by atoms with Gasteiger partial charge in [-0.2, -0.15) is 0 Å². The van der Waals surface area contributed by atoms with E-state index in [1.807, 2.05) is 11.8 Å². The number of cyclic esters (lactones) is 1. The molecule has 0 saturated carbocycles. The lowest BCUT2D eigenvalue weighted by Gasteiger charge is -2.33. The molecule has 1 aliphatic heterocycles. The second-order valence-electron chi connectivity index (χ2n) is 3.40. The van der Waals surface area contributed by atoms with Gasteiger partial charge in [0.1, 0.15) is 6.61 Å². The molecule has 0 radical (unpaired) electrons. The number of carbonyl (C=O) groups is 1. The second-order valence-corrected chi connectivity index (χ2v) is 3.40. The summed E-state index contributed by atoms with van der Waals surface area (Å²) in [6.07, 6.45) is 0. The van der Waals surface area contributed by atoms with Gasteiger partial charge in [-0.05, 0) is 6.92 Å². The Morgan fingerprint density at radius 1 is 1.85 bits per heavy atom. The van der Waals surface area contributed by atoms with Crippen LogP contribution in [0, 0.1) is 0 Å². The van der Waals surface area contributed by atoms with Crippen LogP contribution in [0.15, 0.2) is 0 Å². The van der Waals surface area contributed by atoms with Gasteiger partial charge < -0.3 is 15.6 Å². The third-order valence-corrected chi connectivity index (χ3v) is 2.14. The van der Waals surface area contributed by atoms with E-state index in [-0.39, 0.29) is 31.2 Å². The molecule has 0 spiro atoms. The zero-order chi connectivity index (χ0) is 9.84. The molecule has 2 atom stereocenters. The molecular formula is C8H16N2O3. The highest BCUT2D eigenvalue weighted by Gasteiger charge is 2.25. The van der Waals surface area contributed by atoms with Crippen LogP contribution in [-0.4, -0.2) is 54.4 Å². The smallest absolute Gasteiger partial charge is 0.320 e. The maximum Gasteiger partial charge on any atom is 0.320 e. The number of hydrogen-bond acceptors (Lipinski definition) is 5. The van der Waals surface area contributed by atoms with Crippen LogP contribution in [0.5, 0.6) is 0 Å². The van der Waals surface area contributed by atoms with Crippen LogP contribution < -0.4 is 5.73 Å². The average Bonchev–Trinajstić information content (AvgIpc) is 2.11. The number of ether oxygens (including phenoxy) is 1. The molecule has 0 aromatic carbocycles. The topological polar surface area (TPSA) is 75.8 Å². The van der Waals surface area contributed by atoms with Gasteiger partial charge in [0.25, 0.3) is 0 Å². The van der Waals surface area contributed by atoms with Crippen LogP contribution >= 0.6 is 0 Å². The van der Waals surface area contributed by atoms with E-state index < -0.39 is 0 Å². The van der Waals surface area contributed by atoms with Crippen LogP contribution in [-0.2, 0) is 9.53 Å². The van der Waals surface area contributed by atoms with Crippen molar-refractivity contribution in [2.24, 2.45) is 5.73 Å². The molecular weight excluding hydrogens is 172 g/mol. The average molecular weight is 188 g/mol. The predicted molar refractivity (Wildman–Crippen MR) is 47.1 cm³/mol. The van der Waals surface area contributed by atoms with Gasteiger partial charge in [-0.1, -0.05) is 0 Å². The van der Waals surface area contributed by atoms with Crippen LogP contribution in [0.2, 0.25) is 0 Å². The summed E-state index contributed by atoms with van der Waals surface area (Å²) in [6.45, 7) is 3.13. The molecule has 76 valence electrons. The SMILES string of the molecule is CC1COC(=O)CN1CC(N)CO. The third kappa shape index (κ3) is 2.95. The van der Waals surface area contributed by atoms with E-state index in [9.17, 15) is 4.79 Å². The summed E-state index contributed by atoms with van der Waals surface area (Å²) in [5.74, 6) is -0.219. The van der Waals surface area contributed by atoms with Crippen molar-refractivity contribution in [2.75, 3.05) is 26.3 Å². The first-order valence-electron chi connectivity index (χ1n) is 4.39. The summed E-state index contributed by atoms with van der Waals surface area (Å²) >= 11 is 0. The molecule has 2 unspecified atom stereocenters. The molecule has 1 fully saturated rings. The maximum atomic E-state index is 10.9. The number of morpholine rings is 1. The van der Waals surface area contributed by atoms with Gasteiger partial charge in [0.15, 0.2) is 0 Å². The fourth-order valence-electron chi connectivity index (χ4n) is 1.29. The summed E-state index contributed by atoms with van der Waals surface area (Å²) in [6, 6.07) is -0.0938. The fraction of sp³-hybridized carbons (Fsp3) is 0.875. The lowest BCUT2D eigenvalue weighted by molar-refractivity contribution is -0.154. The summed E-state index contributed by atoms with van der Waals surface area (Å²) < 4.78 is 4.85. The number of aliphatic hydroxyl groups excluding tert-OH is 1. The second kappa shape index (κ2) is 4.55. The van der Waals surface area contributed by atoms with Crippen molar-refractivity contribution in [2.45, 2.75) is 19.0 Å². The zero-order valence-corrected chi connectivity index (χ0v) is 7.77. The van der Waals surface area contributed by atoms with E-state index in [4.69, 9.17) is 15.6 Å². The minimum atomic E-state index is -0.284. The molecule has 0 aromatic rings. The zero-order valence-electron chi connectivity index (χ0n) is 7.77. The first-order valence-corrected chi connectivity index (χ1v) is 4.39. The number of rotatable bonds is 3. The Hall–Kier alpha value is -0.650. The lowest BCUT2D eigenvalue weighted by Crippen LogP contribution is -2.51. The number of nitrogens with zero attached hydrogens (tertiary/aromatic N) is 1. The summed E-state index contributed by atoms with van der Waals surface area (Å²) in [5.41, 5.74) is 5.57. The van der Waals surface area contributed by atoms with Gasteiger partial charge in [-0.15, -0.1) is 0 Å². The number of esters is 1. The van der Waals surface area contributed by atoms with Gasteiger partial charge in [-0.25, -0.2) is 0 Å². The van der Waals surface area contributed by atoms with Crippen LogP contribution in [0.1, 0.15) is 6.92 Å². The van der Waals surface area contributed by atoms with Gasteiger partial charge >= 0.3 is 5.97 Å². The van der Waals surface area contributed by atoms with Gasteiger partial charge in [0, 0.05) is 18.6 Å².